The maximum absolute atomic E-state index is 6.08. The van der Waals surface area contributed by atoms with Crippen LogP contribution in [-0.4, -0.2) is 16.7 Å². The zero-order chi connectivity index (χ0) is 11.8. The van der Waals surface area contributed by atoms with E-state index in [-0.39, 0.29) is 18.4 Å². The Hall–Kier alpha value is -0.810. The summed E-state index contributed by atoms with van der Waals surface area (Å²) in [6.07, 6.45) is 1.01. The summed E-state index contributed by atoms with van der Waals surface area (Å²) in [7, 11) is 0. The highest BCUT2D eigenvalue weighted by Crippen LogP contribution is 2.33. The van der Waals surface area contributed by atoms with E-state index >= 15 is 0 Å². The summed E-state index contributed by atoms with van der Waals surface area (Å²) in [5, 5.41) is 8.15. The molecule has 0 unspecified atom stereocenters. The minimum Gasteiger partial charge on any atom is -0.337 e. The molecule has 0 bridgehead atoms. The zero-order valence-electron chi connectivity index (χ0n) is 9.19. The molecule has 7 heteroatoms. The molecule has 96 valence electrons. The maximum Gasteiger partial charge on any atom is 0.244 e. The predicted octanol–water partition coefficient (Wildman–Crippen LogP) is 3.50. The van der Waals surface area contributed by atoms with Crippen molar-refractivity contribution in [3.8, 4) is 11.4 Å². The fourth-order valence-electron chi connectivity index (χ4n) is 1.69. The van der Waals surface area contributed by atoms with Gasteiger partial charge in [-0.3, -0.25) is 0 Å². The van der Waals surface area contributed by atoms with Crippen molar-refractivity contribution in [1.82, 2.24) is 15.5 Å². The Bertz CT molecular complexity index is 534. The van der Waals surface area contributed by atoms with E-state index in [1.165, 1.54) is 0 Å². The van der Waals surface area contributed by atoms with E-state index in [1.807, 2.05) is 0 Å². The summed E-state index contributed by atoms with van der Waals surface area (Å²) in [5.41, 5.74) is 0.616. The fourth-order valence-corrected chi connectivity index (χ4v) is 2.26. The first-order valence-electron chi connectivity index (χ1n) is 5.27. The molecule has 1 N–H and O–H groups in total. The van der Waals surface area contributed by atoms with Crippen molar-refractivity contribution in [1.29, 1.82) is 0 Å². The highest BCUT2D eigenvalue weighted by atomic mass is 35.5. The molecule has 0 saturated carbocycles. The van der Waals surface area contributed by atoms with Gasteiger partial charge in [-0.15, -0.1) is 12.4 Å². The molecule has 2 heterocycles. The smallest absolute Gasteiger partial charge is 0.244 e. The number of rotatable bonds is 2. The molecule has 0 spiro atoms. The normalized spacial score (nSPS) is 18.0. The topological polar surface area (TPSA) is 51.0 Å². The van der Waals surface area contributed by atoms with Crippen LogP contribution in [0.5, 0.6) is 0 Å². The van der Waals surface area contributed by atoms with Crippen molar-refractivity contribution >= 4 is 35.6 Å². The van der Waals surface area contributed by atoms with Crippen LogP contribution in [0.15, 0.2) is 22.7 Å². The molecule has 1 aromatic heterocycles. The Morgan fingerprint density at radius 3 is 2.50 bits per heavy atom. The lowest BCUT2D eigenvalue weighted by molar-refractivity contribution is 0.273. The Labute approximate surface area is 120 Å². The standard InChI is InChI=1S/C11H9Cl2N3O.ClH/c12-6-2-1-3-7(13)9(6)10-15-11(17-16-10)8-4-5-14-8;/h1-3,8,14H,4-5H2;1H/t8-;/m1./s1. The van der Waals surface area contributed by atoms with E-state index in [2.05, 4.69) is 15.5 Å². The van der Waals surface area contributed by atoms with Crippen molar-refractivity contribution in [2.24, 2.45) is 0 Å². The second-order valence-corrected chi connectivity index (χ2v) is 4.66. The van der Waals surface area contributed by atoms with Crippen molar-refractivity contribution in [3.63, 3.8) is 0 Å². The number of hydrogen-bond donors (Lipinski definition) is 1. The molecule has 0 amide bonds. The minimum absolute atomic E-state index is 0. The van der Waals surface area contributed by atoms with Crippen molar-refractivity contribution in [3.05, 3.63) is 34.1 Å². The predicted molar refractivity (Wildman–Crippen MR) is 72.4 cm³/mol. The van der Waals surface area contributed by atoms with Crippen LogP contribution in [0.25, 0.3) is 11.4 Å². The summed E-state index contributed by atoms with van der Waals surface area (Å²) in [4.78, 5) is 4.31. The van der Waals surface area contributed by atoms with Gasteiger partial charge in [-0.25, -0.2) is 0 Å². The van der Waals surface area contributed by atoms with Crippen LogP contribution in [0.1, 0.15) is 18.4 Å². The molecular formula is C11H10Cl3N3O. The van der Waals surface area contributed by atoms with Gasteiger partial charge in [0.25, 0.3) is 0 Å². The molecule has 1 fully saturated rings. The summed E-state index contributed by atoms with van der Waals surface area (Å²) >= 11 is 12.2. The van der Waals surface area contributed by atoms with Crippen molar-refractivity contribution in [2.45, 2.75) is 12.5 Å². The minimum atomic E-state index is 0. The lowest BCUT2D eigenvalue weighted by Crippen LogP contribution is -2.35. The van der Waals surface area contributed by atoms with E-state index in [0.29, 0.717) is 27.3 Å². The number of hydrogen-bond acceptors (Lipinski definition) is 4. The lowest BCUT2D eigenvalue weighted by Gasteiger charge is -2.23. The van der Waals surface area contributed by atoms with Crippen LogP contribution < -0.4 is 5.32 Å². The highest BCUT2D eigenvalue weighted by Gasteiger charge is 2.25. The molecule has 0 radical (unpaired) electrons. The maximum atomic E-state index is 6.08. The van der Waals surface area contributed by atoms with Crippen LogP contribution in [0, 0.1) is 0 Å². The van der Waals surface area contributed by atoms with E-state index in [4.69, 9.17) is 27.7 Å². The molecule has 0 aliphatic carbocycles. The third kappa shape index (κ3) is 2.34. The average molecular weight is 307 g/mol. The lowest BCUT2D eigenvalue weighted by atomic mass is 10.1. The van der Waals surface area contributed by atoms with Crippen LogP contribution in [-0.2, 0) is 0 Å². The number of aromatic nitrogens is 2. The fraction of sp³-hybridized carbons (Fsp3) is 0.273. The molecule has 2 aromatic rings. The van der Waals surface area contributed by atoms with E-state index in [1.54, 1.807) is 18.2 Å². The molecule has 1 saturated heterocycles. The first-order chi connectivity index (χ1) is 8.25. The van der Waals surface area contributed by atoms with Gasteiger partial charge in [-0.2, -0.15) is 4.98 Å². The highest BCUT2D eigenvalue weighted by molar-refractivity contribution is 6.38. The Kier molecular flexibility index (Phi) is 4.12. The van der Waals surface area contributed by atoms with Gasteiger partial charge >= 0.3 is 0 Å². The summed E-state index contributed by atoms with van der Waals surface area (Å²) in [5.74, 6) is 1.02. The van der Waals surface area contributed by atoms with Gasteiger partial charge in [-0.1, -0.05) is 34.4 Å². The van der Waals surface area contributed by atoms with Gasteiger partial charge in [0.15, 0.2) is 0 Å². The quantitative estimate of drug-likeness (QED) is 0.922. The summed E-state index contributed by atoms with van der Waals surface area (Å²) < 4.78 is 5.19. The van der Waals surface area contributed by atoms with Gasteiger partial charge in [0.1, 0.15) is 0 Å². The second kappa shape index (κ2) is 5.45. The number of nitrogens with one attached hydrogen (secondary N) is 1. The van der Waals surface area contributed by atoms with Gasteiger partial charge in [0.05, 0.1) is 21.7 Å². The van der Waals surface area contributed by atoms with E-state index in [9.17, 15) is 0 Å². The monoisotopic (exact) mass is 305 g/mol. The van der Waals surface area contributed by atoms with Crippen LogP contribution >= 0.6 is 35.6 Å². The second-order valence-electron chi connectivity index (χ2n) is 3.85. The Morgan fingerprint density at radius 1 is 1.28 bits per heavy atom. The summed E-state index contributed by atoms with van der Waals surface area (Å²) in [6, 6.07) is 5.45. The largest absolute Gasteiger partial charge is 0.337 e. The molecule has 18 heavy (non-hydrogen) atoms. The number of halogens is 3. The Morgan fingerprint density at radius 2 is 1.94 bits per heavy atom. The SMILES string of the molecule is Cl.Clc1cccc(Cl)c1-c1noc([C@H]2CCN2)n1. The van der Waals surface area contributed by atoms with Gasteiger partial charge < -0.3 is 9.84 Å². The summed E-state index contributed by atoms with van der Waals surface area (Å²) in [6.45, 7) is 0.981. The van der Waals surface area contributed by atoms with Gasteiger partial charge in [0.2, 0.25) is 11.7 Å². The van der Waals surface area contributed by atoms with Gasteiger partial charge in [-0.05, 0) is 25.1 Å². The molecule has 1 aliphatic heterocycles. The molecule has 4 nitrogen and oxygen atoms in total. The molecule has 1 atom stereocenters. The third-order valence-corrected chi connectivity index (χ3v) is 3.38. The Balaban J connectivity index is 0.00000120. The van der Waals surface area contributed by atoms with Crippen LogP contribution in [0.2, 0.25) is 10.0 Å². The van der Waals surface area contributed by atoms with E-state index in [0.717, 1.165) is 13.0 Å². The first-order valence-corrected chi connectivity index (χ1v) is 6.02. The zero-order valence-corrected chi connectivity index (χ0v) is 11.5. The van der Waals surface area contributed by atoms with Gasteiger partial charge in [0, 0.05) is 0 Å². The average Bonchev–Trinajstić information content (AvgIpc) is 2.64. The third-order valence-electron chi connectivity index (χ3n) is 2.75. The first kappa shape index (κ1) is 13.6. The van der Waals surface area contributed by atoms with Crippen molar-refractivity contribution in [2.75, 3.05) is 6.54 Å². The molecule has 3 rings (SSSR count). The molecule has 1 aromatic carbocycles. The molecular weight excluding hydrogens is 296 g/mol. The number of benzene rings is 1. The van der Waals surface area contributed by atoms with E-state index < -0.39 is 0 Å². The van der Waals surface area contributed by atoms with Crippen molar-refractivity contribution < 1.29 is 4.52 Å². The van der Waals surface area contributed by atoms with Crippen LogP contribution in [0.4, 0.5) is 0 Å². The molecule has 1 aliphatic rings. The number of nitrogens with zero attached hydrogens (tertiary/aromatic N) is 2. The van der Waals surface area contributed by atoms with Crippen LogP contribution in [0.3, 0.4) is 0 Å².